The van der Waals surface area contributed by atoms with E-state index in [1.165, 1.54) is 11.1 Å². The number of ether oxygens (including phenoxy) is 2. The molecule has 0 spiro atoms. The molecule has 0 aromatic heterocycles. The number of halogens is 2. The summed E-state index contributed by atoms with van der Waals surface area (Å²) >= 11 is 11.9. The van der Waals surface area contributed by atoms with Crippen LogP contribution in [0, 0.1) is 6.92 Å². The van der Waals surface area contributed by atoms with Gasteiger partial charge in [0, 0.05) is 49.9 Å². The summed E-state index contributed by atoms with van der Waals surface area (Å²) in [5.74, 6) is 1.09. The predicted molar refractivity (Wildman–Crippen MR) is 129 cm³/mol. The Morgan fingerprint density at radius 2 is 1.63 bits per heavy atom. The van der Waals surface area contributed by atoms with Gasteiger partial charge in [-0.05, 0) is 70.7 Å². The Kier molecular flexibility index (Phi) is 12.9. The van der Waals surface area contributed by atoms with Crippen LogP contribution in [0.5, 0.6) is 0 Å². The Bertz CT molecular complexity index is 663. The second-order valence-electron chi connectivity index (χ2n) is 7.16. The molecule has 1 aromatic carbocycles. The number of nitrogens with zero attached hydrogens (tertiary/aromatic N) is 1. The van der Waals surface area contributed by atoms with Crippen LogP contribution in [-0.2, 0) is 25.0 Å². The Balaban J connectivity index is 2.98. The van der Waals surface area contributed by atoms with Gasteiger partial charge in [-0.3, -0.25) is 4.57 Å². The standard InChI is InChI=1S/C22H38Cl2NO4P/c1-6-27-22(5,28-7-2)30(26,29-8-3)17-9-10-20-18-21(12-11-19(20)4)25(15-13-23)16-14-24/h11-12,18H,6-10,13-17H2,1-5H3. The molecule has 1 aromatic rings. The SMILES string of the molecule is CCOC(C)(OCC)P(=O)(CCCc1cc(N(CCCl)CCCl)ccc1C)OCC. The summed E-state index contributed by atoms with van der Waals surface area (Å²) in [7, 11) is -3.17. The van der Waals surface area contributed by atoms with Crippen LogP contribution in [0.25, 0.3) is 0 Å². The van der Waals surface area contributed by atoms with Gasteiger partial charge in [0.05, 0.1) is 6.61 Å². The molecule has 0 heterocycles. The average Bonchev–Trinajstić information content (AvgIpc) is 2.70. The summed E-state index contributed by atoms with van der Waals surface area (Å²) < 4.78 is 31.0. The fourth-order valence-corrected chi connectivity index (χ4v) is 6.36. The Hall–Kier alpha value is -0.290. The molecule has 1 unspecified atom stereocenters. The lowest BCUT2D eigenvalue weighted by Crippen LogP contribution is -2.34. The van der Waals surface area contributed by atoms with Gasteiger partial charge in [-0.2, -0.15) is 0 Å². The third-order valence-corrected chi connectivity index (χ3v) is 8.50. The summed E-state index contributed by atoms with van der Waals surface area (Å²) in [6.07, 6.45) is 1.90. The lowest BCUT2D eigenvalue weighted by Gasteiger charge is -2.36. The smallest absolute Gasteiger partial charge is 0.260 e. The number of aryl methyl sites for hydroxylation is 2. The minimum Gasteiger partial charge on any atom is -0.369 e. The molecule has 0 amide bonds. The third-order valence-electron chi connectivity index (χ3n) is 5.09. The van der Waals surface area contributed by atoms with E-state index in [4.69, 9.17) is 37.2 Å². The number of rotatable bonds is 16. The molecule has 30 heavy (non-hydrogen) atoms. The van der Waals surface area contributed by atoms with Crippen LogP contribution in [0.4, 0.5) is 5.69 Å². The van der Waals surface area contributed by atoms with E-state index < -0.39 is 12.9 Å². The second kappa shape index (κ2) is 14.0. The van der Waals surface area contributed by atoms with Crippen molar-refractivity contribution >= 4 is 36.3 Å². The number of hydrogen-bond donors (Lipinski definition) is 0. The summed E-state index contributed by atoms with van der Waals surface area (Å²) in [6.45, 7) is 12.1. The fraction of sp³-hybridized carbons (Fsp3) is 0.727. The van der Waals surface area contributed by atoms with Crippen LogP contribution < -0.4 is 4.90 Å². The van der Waals surface area contributed by atoms with Crippen molar-refractivity contribution in [3.05, 3.63) is 29.3 Å². The molecule has 1 atom stereocenters. The van der Waals surface area contributed by atoms with Crippen molar-refractivity contribution in [1.82, 2.24) is 0 Å². The Morgan fingerprint density at radius 3 is 2.13 bits per heavy atom. The van der Waals surface area contributed by atoms with Gasteiger partial charge < -0.3 is 18.9 Å². The zero-order chi connectivity index (χ0) is 22.6. The Labute approximate surface area is 192 Å². The number of benzene rings is 1. The van der Waals surface area contributed by atoms with Crippen molar-refractivity contribution < 1.29 is 18.6 Å². The monoisotopic (exact) mass is 481 g/mol. The molecule has 0 saturated heterocycles. The van der Waals surface area contributed by atoms with Crippen molar-refractivity contribution in [3.63, 3.8) is 0 Å². The van der Waals surface area contributed by atoms with Crippen LogP contribution in [-0.4, -0.2) is 56.4 Å². The highest BCUT2D eigenvalue weighted by atomic mass is 35.5. The molecule has 0 N–H and O–H groups in total. The van der Waals surface area contributed by atoms with Gasteiger partial charge in [0.15, 0.2) is 0 Å². The first-order valence-electron chi connectivity index (χ1n) is 10.8. The van der Waals surface area contributed by atoms with E-state index in [1.54, 1.807) is 6.92 Å². The van der Waals surface area contributed by atoms with Crippen molar-refractivity contribution in [2.24, 2.45) is 0 Å². The van der Waals surface area contributed by atoms with E-state index in [2.05, 4.69) is 30.0 Å². The molecule has 174 valence electrons. The van der Waals surface area contributed by atoms with Gasteiger partial charge in [-0.1, -0.05) is 6.07 Å². The molecule has 1 rings (SSSR count). The lowest BCUT2D eigenvalue weighted by atomic mass is 10.0. The predicted octanol–water partition coefficient (Wildman–Crippen LogP) is 6.27. The van der Waals surface area contributed by atoms with Gasteiger partial charge >= 0.3 is 0 Å². The molecule has 0 radical (unpaired) electrons. The van der Waals surface area contributed by atoms with Crippen LogP contribution in [0.2, 0.25) is 0 Å². The first kappa shape index (κ1) is 27.7. The van der Waals surface area contributed by atoms with Gasteiger partial charge in [0.2, 0.25) is 5.53 Å². The van der Waals surface area contributed by atoms with Gasteiger partial charge in [-0.25, -0.2) is 0 Å². The fourth-order valence-electron chi connectivity index (χ4n) is 3.54. The first-order chi connectivity index (χ1) is 14.3. The van der Waals surface area contributed by atoms with E-state index in [1.807, 2.05) is 20.8 Å². The minimum absolute atomic E-state index is 0.355. The van der Waals surface area contributed by atoms with Gasteiger partial charge in [-0.15, -0.1) is 23.2 Å². The molecule has 0 saturated carbocycles. The third kappa shape index (κ3) is 7.69. The van der Waals surface area contributed by atoms with Gasteiger partial charge in [0.25, 0.3) is 7.37 Å². The van der Waals surface area contributed by atoms with Crippen LogP contribution in [0.3, 0.4) is 0 Å². The highest BCUT2D eigenvalue weighted by molar-refractivity contribution is 7.60. The van der Waals surface area contributed by atoms with Crippen molar-refractivity contribution in [2.45, 2.75) is 53.0 Å². The van der Waals surface area contributed by atoms with E-state index in [0.717, 1.165) is 25.2 Å². The number of anilines is 1. The molecule has 5 nitrogen and oxygen atoms in total. The Morgan fingerprint density at radius 1 is 1.03 bits per heavy atom. The van der Waals surface area contributed by atoms with Crippen LogP contribution in [0.1, 0.15) is 45.2 Å². The summed E-state index contributed by atoms with van der Waals surface area (Å²) in [5.41, 5.74) is 2.32. The van der Waals surface area contributed by atoms with E-state index in [9.17, 15) is 4.57 Å². The maximum Gasteiger partial charge on any atom is 0.260 e. The molecule has 0 bridgehead atoms. The maximum absolute atomic E-state index is 13.7. The molecule has 0 aliphatic carbocycles. The van der Waals surface area contributed by atoms with E-state index >= 15 is 0 Å². The van der Waals surface area contributed by atoms with Gasteiger partial charge in [0.1, 0.15) is 0 Å². The molecular formula is C22H38Cl2NO4P. The highest BCUT2D eigenvalue weighted by Gasteiger charge is 2.47. The van der Waals surface area contributed by atoms with Crippen molar-refractivity contribution in [3.8, 4) is 0 Å². The van der Waals surface area contributed by atoms with Crippen LogP contribution in [0.15, 0.2) is 18.2 Å². The normalized spacial score (nSPS) is 14.0. The van der Waals surface area contributed by atoms with Crippen molar-refractivity contribution in [1.29, 1.82) is 0 Å². The topological polar surface area (TPSA) is 48.0 Å². The molecular weight excluding hydrogens is 444 g/mol. The molecule has 8 heteroatoms. The minimum atomic E-state index is -3.17. The zero-order valence-electron chi connectivity index (χ0n) is 19.1. The summed E-state index contributed by atoms with van der Waals surface area (Å²) in [4.78, 5) is 2.19. The quantitative estimate of drug-likeness (QED) is 0.158. The highest BCUT2D eigenvalue weighted by Crippen LogP contribution is 2.60. The zero-order valence-corrected chi connectivity index (χ0v) is 21.5. The number of alkyl halides is 2. The largest absolute Gasteiger partial charge is 0.369 e. The van der Waals surface area contributed by atoms with Crippen molar-refractivity contribution in [2.75, 3.05) is 55.7 Å². The maximum atomic E-state index is 13.7. The van der Waals surface area contributed by atoms with E-state index in [0.29, 0.717) is 44.2 Å². The van der Waals surface area contributed by atoms with Crippen LogP contribution >= 0.6 is 30.6 Å². The number of hydrogen-bond acceptors (Lipinski definition) is 5. The van der Waals surface area contributed by atoms with E-state index in [-0.39, 0.29) is 0 Å². The second-order valence-corrected chi connectivity index (χ2v) is 10.8. The lowest BCUT2D eigenvalue weighted by molar-refractivity contribution is -0.168. The molecule has 0 fully saturated rings. The molecule has 0 aliphatic rings. The summed E-state index contributed by atoms with van der Waals surface area (Å²) in [6, 6.07) is 6.40. The first-order valence-corrected chi connectivity index (χ1v) is 13.7. The molecule has 0 aliphatic heterocycles. The summed E-state index contributed by atoms with van der Waals surface area (Å²) in [5, 5.41) is 0. The average molecular weight is 482 g/mol.